The third kappa shape index (κ3) is 4.51. The van der Waals surface area contributed by atoms with Gasteiger partial charge in [-0.3, -0.25) is 0 Å². The summed E-state index contributed by atoms with van der Waals surface area (Å²) in [5, 5.41) is 2.44. The maximum Gasteiger partial charge on any atom is 0.155 e. The Morgan fingerprint density at radius 2 is 1.04 bits per heavy atom. The molecule has 0 spiro atoms. The maximum absolute atomic E-state index is 6.29. The van der Waals surface area contributed by atoms with Crippen LogP contribution in [0.4, 0.5) is 17.1 Å². The normalized spacial score (nSPS) is 12.5. The van der Waals surface area contributed by atoms with Crippen LogP contribution in [0.5, 0.6) is 0 Å². The molecule has 0 radical (unpaired) electrons. The first-order valence-electron chi connectivity index (χ1n) is 17.3. The first-order chi connectivity index (χ1) is 25.8. The molecule has 1 aliphatic rings. The monoisotopic (exact) mass is 684 g/mol. The second-order valence-electron chi connectivity index (χ2n) is 13.0. The molecule has 0 unspecified atom stereocenters. The zero-order valence-electron chi connectivity index (χ0n) is 27.8. The van der Waals surface area contributed by atoms with Gasteiger partial charge in [-0.15, -0.1) is 0 Å². The summed E-state index contributed by atoms with van der Waals surface area (Å²) in [4.78, 5) is 15.2. The molecule has 10 aromatic rings. The van der Waals surface area contributed by atoms with Gasteiger partial charge in [0.1, 0.15) is 11.0 Å². The van der Waals surface area contributed by atoms with E-state index >= 15 is 0 Å². The van der Waals surface area contributed by atoms with Crippen LogP contribution in [0, 0.1) is 0 Å². The molecule has 4 aromatic heterocycles. The molecule has 0 saturated carbocycles. The predicted octanol–water partition coefficient (Wildman–Crippen LogP) is 12.7. The first kappa shape index (κ1) is 29.1. The van der Waals surface area contributed by atoms with E-state index in [1.165, 1.54) is 31.8 Å². The van der Waals surface area contributed by atoms with Crippen molar-refractivity contribution in [1.82, 2.24) is 14.5 Å². The van der Waals surface area contributed by atoms with Gasteiger partial charge >= 0.3 is 0 Å². The quantitative estimate of drug-likeness (QED) is 0.185. The number of aromatic nitrogens is 3. The number of benzene rings is 6. The molecular weight excluding hydrogens is 657 g/mol. The summed E-state index contributed by atoms with van der Waals surface area (Å²) in [6.07, 6.45) is 0. The van der Waals surface area contributed by atoms with E-state index in [4.69, 9.17) is 14.4 Å². The van der Waals surface area contributed by atoms with E-state index in [1.54, 1.807) is 11.8 Å². The number of fused-ring (bicyclic) bond motifs is 8. The van der Waals surface area contributed by atoms with Crippen LogP contribution in [0.15, 0.2) is 184 Å². The third-order valence-corrected chi connectivity index (χ3v) is 11.1. The average molecular weight is 685 g/mol. The van der Waals surface area contributed by atoms with Gasteiger partial charge in [-0.25, -0.2) is 9.97 Å². The van der Waals surface area contributed by atoms with Gasteiger partial charge in [0.25, 0.3) is 0 Å². The molecule has 11 rings (SSSR count). The lowest BCUT2D eigenvalue weighted by molar-refractivity contribution is 0.667. The second-order valence-corrected chi connectivity index (χ2v) is 14.1. The molecule has 5 nitrogen and oxygen atoms in total. The molecule has 0 saturated heterocycles. The van der Waals surface area contributed by atoms with Crippen molar-refractivity contribution in [2.24, 2.45) is 0 Å². The predicted molar refractivity (Wildman–Crippen MR) is 213 cm³/mol. The fourth-order valence-electron chi connectivity index (χ4n) is 7.59. The minimum absolute atomic E-state index is 0.719. The fourth-order valence-corrected chi connectivity index (χ4v) is 8.63. The number of pyridine rings is 2. The summed E-state index contributed by atoms with van der Waals surface area (Å²) in [6.45, 7) is 0. The lowest BCUT2D eigenvalue weighted by atomic mass is 10.1. The zero-order valence-corrected chi connectivity index (χ0v) is 28.6. The van der Waals surface area contributed by atoms with Crippen LogP contribution in [0.1, 0.15) is 0 Å². The topological polar surface area (TPSA) is 47.1 Å². The summed E-state index contributed by atoms with van der Waals surface area (Å²) < 4.78 is 8.62. The van der Waals surface area contributed by atoms with Crippen LogP contribution in [-0.2, 0) is 0 Å². The van der Waals surface area contributed by atoms with Crippen molar-refractivity contribution in [3.63, 3.8) is 0 Å². The molecule has 0 N–H and O–H groups in total. The van der Waals surface area contributed by atoms with Gasteiger partial charge in [0.2, 0.25) is 0 Å². The van der Waals surface area contributed by atoms with Crippen molar-refractivity contribution in [1.29, 1.82) is 0 Å². The molecule has 52 heavy (non-hydrogen) atoms. The molecule has 6 heteroatoms. The number of rotatable bonds is 4. The molecule has 0 bridgehead atoms. The molecule has 6 aromatic carbocycles. The van der Waals surface area contributed by atoms with E-state index in [0.717, 1.165) is 67.3 Å². The van der Waals surface area contributed by atoms with E-state index in [1.807, 2.05) is 24.3 Å². The molecule has 1 aliphatic heterocycles. The fraction of sp³-hybridized carbons (Fsp3) is 0. The number of anilines is 3. The van der Waals surface area contributed by atoms with Crippen molar-refractivity contribution in [3.8, 4) is 28.2 Å². The Hall–Kier alpha value is -6.63. The van der Waals surface area contributed by atoms with Crippen LogP contribution in [0.25, 0.3) is 72.2 Å². The van der Waals surface area contributed by atoms with Crippen molar-refractivity contribution in [2.75, 3.05) is 4.90 Å². The average Bonchev–Trinajstić information content (AvgIpc) is 3.75. The Labute approximate surface area is 303 Å². The SMILES string of the molecule is c1ccc(N2c3ccccc3Sc3ccc(-c4ccc5oc6ccc(-c7ccc8c9ccccc9n(-c9ccccc9)c8c7)nc6c5n4)cc32)cc1. The largest absolute Gasteiger partial charge is 0.453 e. The highest BCUT2D eigenvalue weighted by Gasteiger charge is 2.25. The van der Waals surface area contributed by atoms with Gasteiger partial charge in [0.15, 0.2) is 11.2 Å². The van der Waals surface area contributed by atoms with Crippen molar-refractivity contribution in [3.05, 3.63) is 170 Å². The Kier molecular flexibility index (Phi) is 6.42. The van der Waals surface area contributed by atoms with Crippen LogP contribution >= 0.6 is 11.8 Å². The van der Waals surface area contributed by atoms with Gasteiger partial charge in [-0.05, 0) is 84.9 Å². The lowest BCUT2D eigenvalue weighted by Crippen LogP contribution is -2.14. The van der Waals surface area contributed by atoms with E-state index in [9.17, 15) is 0 Å². The smallest absolute Gasteiger partial charge is 0.155 e. The van der Waals surface area contributed by atoms with Crippen LogP contribution in [0.2, 0.25) is 0 Å². The lowest BCUT2D eigenvalue weighted by Gasteiger charge is -2.33. The first-order valence-corrected chi connectivity index (χ1v) is 18.1. The summed E-state index contributed by atoms with van der Waals surface area (Å²) in [5.74, 6) is 0. The van der Waals surface area contributed by atoms with Gasteiger partial charge in [0.05, 0.1) is 33.8 Å². The second kappa shape index (κ2) is 11.5. The van der Waals surface area contributed by atoms with Crippen LogP contribution < -0.4 is 4.90 Å². The third-order valence-electron chi connectivity index (χ3n) is 9.98. The van der Waals surface area contributed by atoms with E-state index in [-0.39, 0.29) is 0 Å². The Morgan fingerprint density at radius 1 is 0.442 bits per heavy atom. The Morgan fingerprint density at radius 3 is 1.81 bits per heavy atom. The summed E-state index contributed by atoms with van der Waals surface area (Å²) >= 11 is 1.80. The molecule has 0 amide bonds. The highest BCUT2D eigenvalue weighted by atomic mass is 32.2. The van der Waals surface area contributed by atoms with Gasteiger partial charge in [-0.2, -0.15) is 0 Å². The zero-order chi connectivity index (χ0) is 34.2. The van der Waals surface area contributed by atoms with E-state index < -0.39 is 0 Å². The summed E-state index contributed by atoms with van der Waals surface area (Å²) in [7, 11) is 0. The standard InChI is InChI=1S/C46H28N4OS/c1-3-11-31(12-4-1)49-37-16-8-7-15-33(37)34-21-19-29(27-39(34)49)35-22-24-41-45(47-35)46-42(51-41)25-23-36(48-46)30-20-26-44-40(28-30)50(32-13-5-2-6-14-32)38-17-9-10-18-43(38)52-44/h1-28H. The highest BCUT2D eigenvalue weighted by Crippen LogP contribution is 2.52. The van der Waals surface area contributed by atoms with Crippen molar-refractivity contribution < 1.29 is 4.42 Å². The number of para-hydroxylation sites is 4. The van der Waals surface area contributed by atoms with Crippen LogP contribution in [-0.4, -0.2) is 14.5 Å². The summed E-state index contributed by atoms with van der Waals surface area (Å²) in [6, 6.07) is 59.6. The number of furan rings is 1. The van der Waals surface area contributed by atoms with Gasteiger partial charge < -0.3 is 13.9 Å². The molecule has 0 aliphatic carbocycles. The molecular formula is C46H28N4OS. The molecule has 244 valence electrons. The Balaban J connectivity index is 1.03. The molecule has 5 heterocycles. The minimum Gasteiger partial charge on any atom is -0.453 e. The van der Waals surface area contributed by atoms with Crippen molar-refractivity contribution >= 4 is 72.8 Å². The minimum atomic E-state index is 0.719. The molecule has 0 atom stereocenters. The van der Waals surface area contributed by atoms with E-state index in [2.05, 4.69) is 155 Å². The number of hydrogen-bond acceptors (Lipinski definition) is 5. The number of hydrogen-bond donors (Lipinski definition) is 0. The van der Waals surface area contributed by atoms with Crippen molar-refractivity contribution in [2.45, 2.75) is 9.79 Å². The maximum atomic E-state index is 6.29. The van der Waals surface area contributed by atoms with Gasteiger partial charge in [-0.1, -0.05) is 96.7 Å². The number of nitrogens with zero attached hydrogens (tertiary/aromatic N) is 4. The van der Waals surface area contributed by atoms with Gasteiger partial charge in [0, 0.05) is 43.1 Å². The van der Waals surface area contributed by atoms with Crippen LogP contribution in [0.3, 0.4) is 0 Å². The van der Waals surface area contributed by atoms with E-state index in [0.29, 0.717) is 0 Å². The Bertz CT molecular complexity index is 3000. The summed E-state index contributed by atoms with van der Waals surface area (Å²) in [5.41, 5.74) is 13.6. The molecule has 0 fully saturated rings. The highest BCUT2D eigenvalue weighted by molar-refractivity contribution is 7.99.